The van der Waals surface area contributed by atoms with Crippen LogP contribution in [0, 0.1) is 0 Å². The van der Waals surface area contributed by atoms with E-state index in [-0.39, 0.29) is 5.75 Å². The summed E-state index contributed by atoms with van der Waals surface area (Å²) >= 11 is 4.88. The first kappa shape index (κ1) is 11.3. The van der Waals surface area contributed by atoms with Crippen molar-refractivity contribution in [1.82, 2.24) is 16.2 Å². The van der Waals surface area contributed by atoms with Crippen molar-refractivity contribution in [2.24, 2.45) is 0 Å². The van der Waals surface area contributed by atoms with E-state index in [0.717, 1.165) is 5.56 Å². The Morgan fingerprint density at radius 1 is 1.27 bits per heavy atom. The topological polar surface area (TPSA) is 56.3 Å². The molecule has 0 saturated heterocycles. The summed E-state index contributed by atoms with van der Waals surface area (Å²) in [7, 11) is 1.72. The van der Waals surface area contributed by atoms with Crippen LogP contribution < -0.4 is 16.2 Å². The highest BCUT2D eigenvalue weighted by Gasteiger charge is 1.98. The minimum absolute atomic E-state index is 0.227. The third-order valence-electron chi connectivity index (χ3n) is 1.77. The fraction of sp³-hybridized carbons (Fsp3) is 0.100. The molecule has 0 aromatic heterocycles. The Morgan fingerprint density at radius 2 is 1.87 bits per heavy atom. The number of phenolic OH excluding ortho intramolecular Hbond substituents is 1. The molecule has 0 fully saturated rings. The Balaban J connectivity index is 2.54. The molecular weight excluding hydrogens is 210 g/mol. The van der Waals surface area contributed by atoms with Gasteiger partial charge in [-0.25, -0.2) is 0 Å². The smallest absolute Gasteiger partial charge is 0.184 e. The number of nitrogens with one attached hydrogen (secondary N) is 3. The first-order valence-electron chi connectivity index (χ1n) is 4.35. The molecule has 4 nitrogen and oxygen atoms in total. The SMILES string of the molecule is C=C(NNC(=S)NC)c1ccc(O)cc1. The van der Waals surface area contributed by atoms with Crippen LogP contribution in [-0.2, 0) is 0 Å². The summed E-state index contributed by atoms with van der Waals surface area (Å²) in [6.07, 6.45) is 0. The highest BCUT2D eigenvalue weighted by Crippen LogP contribution is 2.13. The zero-order valence-electron chi connectivity index (χ0n) is 8.37. The predicted molar refractivity (Wildman–Crippen MR) is 65.1 cm³/mol. The number of hydrogen-bond donors (Lipinski definition) is 4. The molecule has 1 aromatic carbocycles. The van der Waals surface area contributed by atoms with E-state index in [1.807, 2.05) is 0 Å². The molecule has 80 valence electrons. The van der Waals surface area contributed by atoms with Gasteiger partial charge >= 0.3 is 0 Å². The first-order valence-corrected chi connectivity index (χ1v) is 4.76. The summed E-state index contributed by atoms with van der Waals surface area (Å²) < 4.78 is 0. The van der Waals surface area contributed by atoms with Gasteiger partial charge in [-0.2, -0.15) is 0 Å². The zero-order valence-corrected chi connectivity index (χ0v) is 9.19. The van der Waals surface area contributed by atoms with Crippen molar-refractivity contribution in [1.29, 1.82) is 0 Å². The highest BCUT2D eigenvalue weighted by molar-refractivity contribution is 7.80. The predicted octanol–water partition coefficient (Wildman–Crippen LogP) is 0.961. The molecule has 1 aromatic rings. The molecule has 15 heavy (non-hydrogen) atoms. The van der Waals surface area contributed by atoms with Gasteiger partial charge in [-0.1, -0.05) is 6.58 Å². The second-order valence-corrected chi connectivity index (χ2v) is 3.26. The van der Waals surface area contributed by atoms with Crippen molar-refractivity contribution in [3.8, 4) is 5.75 Å². The molecule has 0 saturated carbocycles. The Kier molecular flexibility index (Phi) is 3.93. The second-order valence-electron chi connectivity index (χ2n) is 2.85. The molecule has 0 aliphatic heterocycles. The highest BCUT2D eigenvalue weighted by atomic mass is 32.1. The Bertz CT molecular complexity index is 361. The molecule has 1 rings (SSSR count). The number of thiocarbonyl (C=S) groups is 1. The molecule has 0 bridgehead atoms. The number of rotatable bonds is 3. The van der Waals surface area contributed by atoms with Crippen LogP contribution in [-0.4, -0.2) is 17.3 Å². The maximum atomic E-state index is 9.10. The van der Waals surface area contributed by atoms with E-state index in [9.17, 15) is 0 Å². The van der Waals surface area contributed by atoms with Crippen molar-refractivity contribution in [2.75, 3.05) is 7.05 Å². The molecule has 4 N–H and O–H groups in total. The van der Waals surface area contributed by atoms with E-state index in [4.69, 9.17) is 17.3 Å². The van der Waals surface area contributed by atoms with E-state index in [0.29, 0.717) is 10.8 Å². The van der Waals surface area contributed by atoms with Gasteiger partial charge in [0.15, 0.2) is 5.11 Å². The molecule has 5 heteroatoms. The van der Waals surface area contributed by atoms with Crippen molar-refractivity contribution in [2.45, 2.75) is 0 Å². The summed E-state index contributed by atoms with van der Waals surface area (Å²) in [5, 5.41) is 12.3. The molecular formula is C10H13N3OS. The van der Waals surface area contributed by atoms with Crippen LogP contribution in [0.15, 0.2) is 30.8 Å². The van der Waals surface area contributed by atoms with Crippen LogP contribution in [0.5, 0.6) is 5.75 Å². The van der Waals surface area contributed by atoms with Crippen LogP contribution in [0.25, 0.3) is 5.70 Å². The van der Waals surface area contributed by atoms with Gasteiger partial charge in [-0.05, 0) is 42.0 Å². The Hall–Kier alpha value is -1.75. The standard InChI is InChI=1S/C10H13N3OS/c1-7(12-13-10(15)11-2)8-3-5-9(14)6-4-8/h3-6,12,14H,1H2,2H3,(H2,11,13,15). The number of benzene rings is 1. The average Bonchev–Trinajstić information content (AvgIpc) is 2.26. The van der Waals surface area contributed by atoms with E-state index in [1.54, 1.807) is 31.3 Å². The monoisotopic (exact) mass is 223 g/mol. The van der Waals surface area contributed by atoms with Crippen LogP contribution >= 0.6 is 12.2 Å². The third kappa shape index (κ3) is 3.47. The number of phenols is 1. The van der Waals surface area contributed by atoms with Crippen molar-refractivity contribution in [3.05, 3.63) is 36.4 Å². The van der Waals surface area contributed by atoms with Gasteiger partial charge in [0.2, 0.25) is 0 Å². The van der Waals surface area contributed by atoms with E-state index in [1.165, 1.54) is 0 Å². The minimum atomic E-state index is 0.227. The van der Waals surface area contributed by atoms with Crippen LogP contribution in [0.2, 0.25) is 0 Å². The minimum Gasteiger partial charge on any atom is -0.508 e. The fourth-order valence-corrected chi connectivity index (χ4v) is 0.981. The molecule has 0 atom stereocenters. The lowest BCUT2D eigenvalue weighted by atomic mass is 10.2. The maximum Gasteiger partial charge on any atom is 0.184 e. The van der Waals surface area contributed by atoms with Crippen LogP contribution in [0.1, 0.15) is 5.56 Å². The molecule has 0 spiro atoms. The maximum absolute atomic E-state index is 9.10. The first-order chi connectivity index (χ1) is 7.13. The Labute approximate surface area is 94.0 Å². The number of aromatic hydroxyl groups is 1. The van der Waals surface area contributed by atoms with Gasteiger partial charge in [0.05, 0.1) is 5.70 Å². The van der Waals surface area contributed by atoms with E-state index in [2.05, 4.69) is 22.7 Å². The largest absolute Gasteiger partial charge is 0.508 e. The van der Waals surface area contributed by atoms with Gasteiger partial charge in [-0.3, -0.25) is 10.9 Å². The van der Waals surface area contributed by atoms with Crippen molar-refractivity contribution in [3.63, 3.8) is 0 Å². The average molecular weight is 223 g/mol. The van der Waals surface area contributed by atoms with Crippen LogP contribution in [0.4, 0.5) is 0 Å². The van der Waals surface area contributed by atoms with E-state index >= 15 is 0 Å². The lowest BCUT2D eigenvalue weighted by Gasteiger charge is -2.12. The van der Waals surface area contributed by atoms with Crippen molar-refractivity contribution < 1.29 is 5.11 Å². The summed E-state index contributed by atoms with van der Waals surface area (Å²) in [5.41, 5.74) is 7.14. The number of hydrazine groups is 1. The van der Waals surface area contributed by atoms with Gasteiger partial charge < -0.3 is 10.4 Å². The fourth-order valence-electron chi connectivity index (χ4n) is 0.929. The molecule has 0 aliphatic carbocycles. The summed E-state index contributed by atoms with van der Waals surface area (Å²) in [6, 6.07) is 6.71. The molecule has 0 amide bonds. The summed E-state index contributed by atoms with van der Waals surface area (Å²) in [4.78, 5) is 0. The second kappa shape index (κ2) is 5.21. The summed E-state index contributed by atoms with van der Waals surface area (Å²) in [5.74, 6) is 0.227. The van der Waals surface area contributed by atoms with Crippen molar-refractivity contribution >= 4 is 23.0 Å². The number of hydrogen-bond acceptors (Lipinski definition) is 3. The quantitative estimate of drug-likeness (QED) is 0.454. The summed E-state index contributed by atoms with van der Waals surface area (Å²) in [6.45, 7) is 3.82. The van der Waals surface area contributed by atoms with Crippen LogP contribution in [0.3, 0.4) is 0 Å². The van der Waals surface area contributed by atoms with Gasteiger partial charge in [0, 0.05) is 7.05 Å². The molecule has 0 unspecified atom stereocenters. The normalized spacial score (nSPS) is 9.13. The van der Waals surface area contributed by atoms with E-state index < -0.39 is 0 Å². The van der Waals surface area contributed by atoms with Gasteiger partial charge in [0.1, 0.15) is 5.75 Å². The van der Waals surface area contributed by atoms with Gasteiger partial charge in [-0.15, -0.1) is 0 Å². The van der Waals surface area contributed by atoms with Gasteiger partial charge in [0.25, 0.3) is 0 Å². The molecule has 0 aliphatic rings. The zero-order chi connectivity index (χ0) is 11.3. The molecule has 0 radical (unpaired) electrons. The molecule has 0 heterocycles. The Morgan fingerprint density at radius 3 is 2.40 bits per heavy atom. The lowest BCUT2D eigenvalue weighted by molar-refractivity contribution is 0.475. The lowest BCUT2D eigenvalue weighted by Crippen LogP contribution is -2.41. The third-order valence-corrected chi connectivity index (χ3v) is 2.08.